The van der Waals surface area contributed by atoms with E-state index < -0.39 is 0 Å². The summed E-state index contributed by atoms with van der Waals surface area (Å²) in [6.45, 7) is 3.76. The Morgan fingerprint density at radius 2 is 1.86 bits per heavy atom. The van der Waals surface area contributed by atoms with Gasteiger partial charge in [-0.25, -0.2) is 4.98 Å². The molecule has 4 rings (SSSR count). The number of aromatic nitrogens is 4. The summed E-state index contributed by atoms with van der Waals surface area (Å²) in [4.78, 5) is 19.5. The maximum absolute atomic E-state index is 13.4. The smallest absolute Gasteiger partial charge is 0.179 e. The third kappa shape index (κ3) is 3.34. The number of carbonyl (C=O) groups is 1. The number of ketones is 1. The number of aromatic amines is 1. The molecule has 6 nitrogen and oxygen atoms in total. The minimum Gasteiger partial charge on any atom is -0.340 e. The van der Waals surface area contributed by atoms with Crippen molar-refractivity contribution >= 4 is 16.7 Å². The molecular formula is C22H23N5O. The second-order valence-corrected chi connectivity index (χ2v) is 6.88. The summed E-state index contributed by atoms with van der Waals surface area (Å²) in [5, 5.41) is 7.71. The topological polar surface area (TPSA) is 66.8 Å². The number of nitrogens with one attached hydrogen (secondary N) is 1. The van der Waals surface area contributed by atoms with Crippen molar-refractivity contribution in [3.05, 3.63) is 72.3 Å². The van der Waals surface area contributed by atoms with E-state index in [1.807, 2.05) is 48.3 Å². The monoisotopic (exact) mass is 373 g/mol. The van der Waals surface area contributed by atoms with E-state index in [4.69, 9.17) is 0 Å². The molecule has 0 atom stereocenters. The molecule has 4 aromatic rings. The zero-order valence-corrected chi connectivity index (χ0v) is 16.1. The van der Waals surface area contributed by atoms with Crippen LogP contribution in [0.5, 0.6) is 0 Å². The summed E-state index contributed by atoms with van der Waals surface area (Å²) >= 11 is 0. The van der Waals surface area contributed by atoms with Gasteiger partial charge in [0, 0.05) is 17.4 Å². The predicted molar refractivity (Wildman–Crippen MR) is 110 cm³/mol. The van der Waals surface area contributed by atoms with Gasteiger partial charge in [-0.15, -0.1) is 0 Å². The fourth-order valence-electron chi connectivity index (χ4n) is 3.75. The summed E-state index contributed by atoms with van der Waals surface area (Å²) in [5.74, 6) is 0.846. The van der Waals surface area contributed by atoms with Crippen LogP contribution in [0.25, 0.3) is 22.2 Å². The maximum atomic E-state index is 13.4. The van der Waals surface area contributed by atoms with Gasteiger partial charge in [0.05, 0.1) is 24.3 Å². The number of H-pyrrole nitrogens is 1. The van der Waals surface area contributed by atoms with Gasteiger partial charge in [-0.3, -0.25) is 14.8 Å². The average molecular weight is 373 g/mol. The number of para-hydroxylation sites is 1. The highest BCUT2D eigenvalue weighted by Gasteiger charge is 2.23. The summed E-state index contributed by atoms with van der Waals surface area (Å²) in [6, 6.07) is 18.3. The molecule has 0 fully saturated rings. The second kappa shape index (κ2) is 7.78. The van der Waals surface area contributed by atoms with E-state index in [9.17, 15) is 4.79 Å². The van der Waals surface area contributed by atoms with Crippen molar-refractivity contribution in [2.75, 3.05) is 13.6 Å². The lowest BCUT2D eigenvalue weighted by Crippen LogP contribution is -2.26. The first-order valence-corrected chi connectivity index (χ1v) is 9.41. The summed E-state index contributed by atoms with van der Waals surface area (Å²) in [5.41, 5.74) is 3.92. The van der Waals surface area contributed by atoms with E-state index in [1.165, 1.54) is 6.33 Å². The molecule has 6 heteroatoms. The molecular weight excluding hydrogens is 350 g/mol. The number of likely N-dealkylation sites (N-methyl/N-ethyl adjacent to an activating group) is 1. The van der Waals surface area contributed by atoms with E-state index in [0.717, 1.165) is 40.1 Å². The van der Waals surface area contributed by atoms with Crippen LogP contribution in [0.3, 0.4) is 0 Å². The number of benzene rings is 2. The number of aryl methyl sites for hydroxylation is 1. The normalized spacial score (nSPS) is 11.4. The van der Waals surface area contributed by atoms with E-state index in [-0.39, 0.29) is 5.78 Å². The number of nitrogens with zero attached hydrogens (tertiary/aromatic N) is 4. The van der Waals surface area contributed by atoms with E-state index in [0.29, 0.717) is 13.1 Å². The minimum absolute atomic E-state index is 0.101. The van der Waals surface area contributed by atoms with Gasteiger partial charge in [0.15, 0.2) is 5.78 Å². The molecule has 0 aliphatic carbocycles. The van der Waals surface area contributed by atoms with Crippen molar-refractivity contribution < 1.29 is 4.79 Å². The van der Waals surface area contributed by atoms with Crippen LogP contribution in [0, 0.1) is 0 Å². The Morgan fingerprint density at radius 3 is 2.57 bits per heavy atom. The number of hydrogen-bond acceptors (Lipinski definition) is 4. The van der Waals surface area contributed by atoms with Crippen LogP contribution in [0.2, 0.25) is 0 Å². The average Bonchev–Trinajstić information content (AvgIpc) is 3.33. The first-order chi connectivity index (χ1) is 13.7. The molecule has 2 heterocycles. The molecule has 2 aromatic carbocycles. The Morgan fingerprint density at radius 1 is 1.11 bits per heavy atom. The Bertz CT molecular complexity index is 1080. The zero-order valence-electron chi connectivity index (χ0n) is 16.1. The highest BCUT2D eigenvalue weighted by Crippen LogP contribution is 2.34. The maximum Gasteiger partial charge on any atom is 0.179 e. The van der Waals surface area contributed by atoms with Crippen LogP contribution >= 0.6 is 0 Å². The quantitative estimate of drug-likeness (QED) is 0.501. The molecule has 2 aromatic heterocycles. The summed E-state index contributed by atoms with van der Waals surface area (Å²) < 4.78 is 2.23. The molecule has 0 bridgehead atoms. The zero-order chi connectivity index (χ0) is 19.5. The van der Waals surface area contributed by atoms with Crippen molar-refractivity contribution in [3.63, 3.8) is 0 Å². The SMILES string of the molecule is CCn1c(-c2ccccc2)c(C(=O)CN(C)Cc2ncn[nH]2)c2ccccc21. The van der Waals surface area contributed by atoms with Gasteiger partial charge in [-0.1, -0.05) is 48.5 Å². The largest absolute Gasteiger partial charge is 0.340 e. The van der Waals surface area contributed by atoms with Gasteiger partial charge in [-0.2, -0.15) is 5.10 Å². The summed E-state index contributed by atoms with van der Waals surface area (Å²) in [6.07, 6.45) is 1.48. The van der Waals surface area contributed by atoms with Crippen molar-refractivity contribution in [1.82, 2.24) is 24.6 Å². The molecule has 0 aliphatic heterocycles. The standard InChI is InChI=1S/C22H23N5O/c1-3-27-18-12-8-7-11-17(18)21(22(27)16-9-5-4-6-10-16)19(28)13-26(2)14-20-23-15-24-25-20/h4-12,15H,3,13-14H2,1-2H3,(H,23,24,25). The predicted octanol–water partition coefficient (Wildman–Crippen LogP) is 3.76. The fraction of sp³-hybridized carbons (Fsp3) is 0.227. The molecule has 0 saturated heterocycles. The highest BCUT2D eigenvalue weighted by molar-refractivity contribution is 6.14. The number of rotatable bonds is 7. The van der Waals surface area contributed by atoms with Gasteiger partial charge >= 0.3 is 0 Å². The van der Waals surface area contributed by atoms with E-state index in [2.05, 4.69) is 44.9 Å². The van der Waals surface area contributed by atoms with Crippen LogP contribution in [0.4, 0.5) is 0 Å². The Kier molecular flexibility index (Phi) is 5.04. The van der Waals surface area contributed by atoms with Crippen molar-refractivity contribution in [1.29, 1.82) is 0 Å². The molecule has 0 amide bonds. The lowest BCUT2D eigenvalue weighted by molar-refractivity contribution is 0.0944. The molecule has 0 unspecified atom stereocenters. The molecule has 142 valence electrons. The van der Waals surface area contributed by atoms with Crippen LogP contribution in [-0.2, 0) is 13.1 Å². The first-order valence-electron chi connectivity index (χ1n) is 9.41. The van der Waals surface area contributed by atoms with Crippen molar-refractivity contribution in [2.24, 2.45) is 0 Å². The Hall–Kier alpha value is -3.25. The number of fused-ring (bicyclic) bond motifs is 1. The van der Waals surface area contributed by atoms with Gasteiger partial charge in [0.1, 0.15) is 12.2 Å². The molecule has 0 spiro atoms. The molecule has 28 heavy (non-hydrogen) atoms. The molecule has 0 aliphatic rings. The summed E-state index contributed by atoms with van der Waals surface area (Å²) in [7, 11) is 1.92. The highest BCUT2D eigenvalue weighted by atomic mass is 16.1. The fourth-order valence-corrected chi connectivity index (χ4v) is 3.75. The van der Waals surface area contributed by atoms with Crippen LogP contribution in [0.15, 0.2) is 60.9 Å². The third-order valence-corrected chi connectivity index (χ3v) is 4.91. The van der Waals surface area contributed by atoms with Crippen molar-refractivity contribution in [2.45, 2.75) is 20.0 Å². The van der Waals surface area contributed by atoms with Gasteiger partial charge in [0.25, 0.3) is 0 Å². The lowest BCUT2D eigenvalue weighted by atomic mass is 10.0. The van der Waals surface area contributed by atoms with E-state index >= 15 is 0 Å². The van der Waals surface area contributed by atoms with Gasteiger partial charge < -0.3 is 4.57 Å². The van der Waals surface area contributed by atoms with Gasteiger partial charge in [-0.05, 0) is 25.6 Å². The van der Waals surface area contributed by atoms with Crippen LogP contribution in [-0.4, -0.2) is 44.0 Å². The Labute approximate surface area is 163 Å². The minimum atomic E-state index is 0.101. The second-order valence-electron chi connectivity index (χ2n) is 6.88. The first kappa shape index (κ1) is 18.1. The third-order valence-electron chi connectivity index (χ3n) is 4.91. The van der Waals surface area contributed by atoms with Crippen LogP contribution in [0.1, 0.15) is 23.1 Å². The van der Waals surface area contributed by atoms with E-state index in [1.54, 1.807) is 0 Å². The molecule has 0 saturated carbocycles. The number of hydrogen-bond donors (Lipinski definition) is 1. The van der Waals surface area contributed by atoms with Crippen LogP contribution < -0.4 is 0 Å². The number of Topliss-reactive ketones (excluding diaryl/α,β-unsaturated/α-hetero) is 1. The Balaban J connectivity index is 1.78. The number of carbonyl (C=O) groups excluding carboxylic acids is 1. The van der Waals surface area contributed by atoms with Gasteiger partial charge in [0.2, 0.25) is 0 Å². The molecule has 1 N–H and O–H groups in total. The molecule has 0 radical (unpaired) electrons. The van der Waals surface area contributed by atoms with Crippen molar-refractivity contribution in [3.8, 4) is 11.3 Å². The lowest BCUT2D eigenvalue weighted by Gasteiger charge is -2.15.